The van der Waals surface area contributed by atoms with E-state index in [1.54, 1.807) is 4.68 Å². The summed E-state index contributed by atoms with van der Waals surface area (Å²) in [4.78, 5) is 34.2. The van der Waals surface area contributed by atoms with Gasteiger partial charge in [-0.2, -0.15) is 5.10 Å². The molecule has 3 aromatic rings. The highest BCUT2D eigenvalue weighted by Crippen LogP contribution is 2.19. The number of amides is 1. The van der Waals surface area contributed by atoms with Crippen molar-refractivity contribution in [3.8, 4) is 5.69 Å². The van der Waals surface area contributed by atoms with Gasteiger partial charge < -0.3 is 9.88 Å². The molecular formula is C20H25N5O2S. The Morgan fingerprint density at radius 3 is 2.61 bits per heavy atom. The maximum absolute atomic E-state index is 12.6. The average molecular weight is 400 g/mol. The molecule has 148 valence electrons. The summed E-state index contributed by atoms with van der Waals surface area (Å²) in [6, 6.07) is 8.07. The van der Waals surface area contributed by atoms with Gasteiger partial charge in [0.2, 0.25) is 5.91 Å². The second-order valence-corrected chi connectivity index (χ2v) is 8.24. The molecule has 7 nitrogen and oxygen atoms in total. The van der Waals surface area contributed by atoms with Gasteiger partial charge in [-0.15, -0.1) is 0 Å². The number of aromatic nitrogens is 4. The number of hydrogen-bond acceptors (Lipinski definition) is 5. The average Bonchev–Trinajstić information content (AvgIpc) is 3.04. The summed E-state index contributed by atoms with van der Waals surface area (Å²) < 4.78 is 1.65. The van der Waals surface area contributed by atoms with E-state index in [4.69, 9.17) is 0 Å². The number of H-pyrrole nitrogens is 1. The van der Waals surface area contributed by atoms with Gasteiger partial charge in [0.15, 0.2) is 10.8 Å². The Morgan fingerprint density at radius 1 is 1.25 bits per heavy atom. The van der Waals surface area contributed by atoms with Crippen molar-refractivity contribution < 1.29 is 4.79 Å². The molecule has 0 unspecified atom stereocenters. The third-order valence-corrected chi connectivity index (χ3v) is 5.25. The Bertz CT molecular complexity index is 1050. The van der Waals surface area contributed by atoms with Crippen LogP contribution in [0.25, 0.3) is 16.7 Å². The van der Waals surface area contributed by atoms with Gasteiger partial charge in [0.25, 0.3) is 5.56 Å². The topological polar surface area (TPSA) is 83.9 Å². The van der Waals surface area contributed by atoms with Crippen LogP contribution in [0.3, 0.4) is 0 Å². The van der Waals surface area contributed by atoms with Crippen LogP contribution in [0.15, 0.2) is 40.4 Å². The number of nitrogens with zero attached hydrogens (tertiary/aromatic N) is 4. The van der Waals surface area contributed by atoms with E-state index in [0.29, 0.717) is 16.2 Å². The monoisotopic (exact) mass is 399 g/mol. The molecule has 0 saturated carbocycles. The molecule has 0 spiro atoms. The molecule has 8 heteroatoms. The van der Waals surface area contributed by atoms with Crippen LogP contribution in [0.1, 0.15) is 33.3 Å². The van der Waals surface area contributed by atoms with E-state index >= 15 is 0 Å². The second-order valence-electron chi connectivity index (χ2n) is 7.28. The van der Waals surface area contributed by atoms with Gasteiger partial charge in [0.1, 0.15) is 5.39 Å². The molecule has 0 aliphatic carbocycles. The van der Waals surface area contributed by atoms with Gasteiger partial charge in [0, 0.05) is 12.1 Å². The maximum atomic E-state index is 12.6. The normalized spacial score (nSPS) is 11.5. The van der Waals surface area contributed by atoms with Crippen molar-refractivity contribution in [2.45, 2.75) is 51.9 Å². The fourth-order valence-electron chi connectivity index (χ4n) is 3.29. The Morgan fingerprint density at radius 2 is 1.96 bits per heavy atom. The number of hydrogen-bond donors (Lipinski definition) is 1. The first-order chi connectivity index (χ1) is 13.3. The van der Waals surface area contributed by atoms with E-state index in [9.17, 15) is 9.59 Å². The number of carbonyl (C=O) groups excluding carboxylic acids is 1. The Balaban J connectivity index is 1.90. The predicted molar refractivity (Wildman–Crippen MR) is 112 cm³/mol. The summed E-state index contributed by atoms with van der Waals surface area (Å²) >= 11 is 1.23. The van der Waals surface area contributed by atoms with Crippen LogP contribution in [0.2, 0.25) is 0 Å². The first kappa shape index (κ1) is 20.1. The van der Waals surface area contributed by atoms with Gasteiger partial charge in [-0.05, 0) is 52.3 Å². The van der Waals surface area contributed by atoms with Crippen molar-refractivity contribution >= 4 is 28.7 Å². The molecular weight excluding hydrogens is 374 g/mol. The molecule has 0 bridgehead atoms. The first-order valence-electron chi connectivity index (χ1n) is 9.27. The highest BCUT2D eigenvalue weighted by atomic mass is 32.2. The van der Waals surface area contributed by atoms with Gasteiger partial charge in [0.05, 0.1) is 17.6 Å². The lowest BCUT2D eigenvalue weighted by Gasteiger charge is -2.30. The Hall–Kier alpha value is -2.61. The largest absolute Gasteiger partial charge is 0.337 e. The van der Waals surface area contributed by atoms with Crippen LogP contribution < -0.4 is 5.56 Å². The van der Waals surface area contributed by atoms with Gasteiger partial charge in [-0.3, -0.25) is 9.59 Å². The number of aryl methyl sites for hydroxylation is 1. The quantitative estimate of drug-likeness (QED) is 0.508. The number of carbonyl (C=O) groups is 1. The van der Waals surface area contributed by atoms with E-state index in [-0.39, 0.29) is 29.3 Å². The molecule has 0 radical (unpaired) electrons. The van der Waals surface area contributed by atoms with Crippen LogP contribution in [0, 0.1) is 6.92 Å². The van der Waals surface area contributed by atoms with Gasteiger partial charge in [-0.25, -0.2) is 9.67 Å². The molecule has 0 atom stereocenters. The van der Waals surface area contributed by atoms with Crippen molar-refractivity contribution in [2.75, 3.05) is 5.75 Å². The molecule has 0 fully saturated rings. The van der Waals surface area contributed by atoms with E-state index in [1.807, 2.05) is 63.8 Å². The smallest absolute Gasteiger partial charge is 0.262 e. The summed E-state index contributed by atoms with van der Waals surface area (Å²) in [7, 11) is 0. The molecule has 28 heavy (non-hydrogen) atoms. The number of benzene rings is 1. The van der Waals surface area contributed by atoms with Crippen molar-refractivity contribution in [1.82, 2.24) is 24.6 Å². The molecule has 0 aliphatic heterocycles. The highest BCUT2D eigenvalue weighted by Gasteiger charge is 2.21. The molecule has 2 aromatic heterocycles. The number of aromatic amines is 1. The van der Waals surface area contributed by atoms with E-state index < -0.39 is 0 Å². The van der Waals surface area contributed by atoms with Crippen LogP contribution in [0.5, 0.6) is 0 Å². The summed E-state index contributed by atoms with van der Waals surface area (Å²) in [6.07, 6.45) is 1.52. The van der Waals surface area contributed by atoms with Crippen LogP contribution >= 0.6 is 11.8 Å². The molecule has 1 amide bonds. The Kier molecular flexibility index (Phi) is 5.88. The maximum Gasteiger partial charge on any atom is 0.262 e. The zero-order valence-corrected chi connectivity index (χ0v) is 17.6. The van der Waals surface area contributed by atoms with E-state index in [1.165, 1.54) is 18.0 Å². The molecule has 0 saturated heterocycles. The second kappa shape index (κ2) is 8.18. The minimum absolute atomic E-state index is 0.0185. The lowest BCUT2D eigenvalue weighted by molar-refractivity contribution is -0.131. The SMILES string of the molecule is Cc1cccc(-n2ncc3c(=O)[nH]c(SCC(=O)N(C(C)C)C(C)C)nc32)c1. The van der Waals surface area contributed by atoms with Crippen molar-refractivity contribution in [3.05, 3.63) is 46.4 Å². The van der Waals surface area contributed by atoms with Gasteiger partial charge >= 0.3 is 0 Å². The zero-order chi connectivity index (χ0) is 20.4. The molecule has 2 heterocycles. The minimum Gasteiger partial charge on any atom is -0.337 e. The van der Waals surface area contributed by atoms with E-state index in [0.717, 1.165) is 11.3 Å². The minimum atomic E-state index is -0.261. The molecule has 3 rings (SSSR count). The summed E-state index contributed by atoms with van der Waals surface area (Å²) in [5.41, 5.74) is 2.15. The summed E-state index contributed by atoms with van der Waals surface area (Å²) in [5.74, 6) is 0.230. The van der Waals surface area contributed by atoms with Crippen LogP contribution in [-0.2, 0) is 4.79 Å². The van der Waals surface area contributed by atoms with Crippen molar-refractivity contribution in [2.24, 2.45) is 0 Å². The highest BCUT2D eigenvalue weighted by molar-refractivity contribution is 7.99. The number of rotatable bonds is 6. The fourth-order valence-corrected chi connectivity index (χ4v) is 4.02. The fraction of sp³-hybridized carbons (Fsp3) is 0.400. The molecule has 1 N–H and O–H groups in total. The summed E-state index contributed by atoms with van der Waals surface area (Å²) in [6.45, 7) is 9.98. The summed E-state index contributed by atoms with van der Waals surface area (Å²) in [5, 5.41) is 5.16. The van der Waals surface area contributed by atoms with Crippen molar-refractivity contribution in [3.63, 3.8) is 0 Å². The van der Waals surface area contributed by atoms with Crippen LogP contribution in [-0.4, -0.2) is 48.4 Å². The number of thioether (sulfide) groups is 1. The molecule has 1 aromatic carbocycles. The lowest BCUT2D eigenvalue weighted by Crippen LogP contribution is -2.43. The molecule has 0 aliphatic rings. The third-order valence-electron chi connectivity index (χ3n) is 4.40. The van der Waals surface area contributed by atoms with Crippen molar-refractivity contribution in [1.29, 1.82) is 0 Å². The predicted octanol–water partition coefficient (Wildman–Crippen LogP) is 3.15. The standard InChI is InChI=1S/C20H25N5O2S/c1-12(2)24(13(3)4)17(26)11-28-20-22-18-16(19(27)23-20)10-21-25(18)15-8-6-7-14(5)9-15/h6-10,12-13H,11H2,1-5H3,(H,22,23,27). The zero-order valence-electron chi connectivity index (χ0n) is 16.8. The third kappa shape index (κ3) is 4.11. The van der Waals surface area contributed by atoms with Gasteiger partial charge in [-0.1, -0.05) is 23.9 Å². The van der Waals surface area contributed by atoms with Crippen LogP contribution in [0.4, 0.5) is 0 Å². The Labute approximate surface area is 168 Å². The first-order valence-corrected chi connectivity index (χ1v) is 10.3. The number of fused-ring (bicyclic) bond motifs is 1. The number of nitrogens with one attached hydrogen (secondary N) is 1. The lowest BCUT2D eigenvalue weighted by atomic mass is 10.2. The van der Waals surface area contributed by atoms with E-state index in [2.05, 4.69) is 15.1 Å².